The van der Waals surface area contributed by atoms with Crippen molar-refractivity contribution in [1.29, 1.82) is 0 Å². The maximum Gasteiger partial charge on any atom is 0.127 e. The van der Waals surface area contributed by atoms with E-state index in [-0.39, 0.29) is 5.75 Å². The van der Waals surface area contributed by atoms with E-state index in [9.17, 15) is 5.11 Å². The van der Waals surface area contributed by atoms with Crippen molar-refractivity contribution in [3.8, 4) is 5.75 Å². The van der Waals surface area contributed by atoms with Gasteiger partial charge in [0.15, 0.2) is 0 Å². The molecule has 0 spiro atoms. The van der Waals surface area contributed by atoms with Gasteiger partial charge < -0.3 is 10.3 Å². The largest absolute Gasteiger partial charge is 0.507 e. The van der Waals surface area contributed by atoms with Gasteiger partial charge in [-0.15, -0.1) is 0 Å². The minimum absolute atomic E-state index is 0.263. The first-order valence-electron chi connectivity index (χ1n) is 9.20. The lowest BCUT2D eigenvalue weighted by Gasteiger charge is -2.09. The van der Waals surface area contributed by atoms with Crippen LogP contribution in [0.5, 0.6) is 5.75 Å². The molecular formula is C20H33NO2. The molecule has 1 aromatic carbocycles. The summed E-state index contributed by atoms with van der Waals surface area (Å²) in [5, 5.41) is 22.3. The highest BCUT2D eigenvalue weighted by Gasteiger charge is 2.09. The predicted octanol–water partition coefficient (Wildman–Crippen LogP) is 6.05. The average Bonchev–Trinajstić information content (AvgIpc) is 2.57. The summed E-state index contributed by atoms with van der Waals surface area (Å²) in [4.78, 5) is 0. The SMILES string of the molecule is CCCCCCCCCCCCc1cccc(/C(C)=N/O)c1O. The lowest BCUT2D eigenvalue weighted by molar-refractivity contribution is 0.318. The van der Waals surface area contributed by atoms with Gasteiger partial charge in [-0.1, -0.05) is 82.0 Å². The Hall–Kier alpha value is -1.51. The Balaban J connectivity index is 2.19. The van der Waals surface area contributed by atoms with Crippen molar-refractivity contribution in [1.82, 2.24) is 0 Å². The van der Waals surface area contributed by atoms with E-state index in [4.69, 9.17) is 5.21 Å². The molecule has 0 aliphatic carbocycles. The number of phenols is 1. The van der Waals surface area contributed by atoms with Crippen molar-refractivity contribution in [3.05, 3.63) is 29.3 Å². The summed E-state index contributed by atoms with van der Waals surface area (Å²) < 4.78 is 0. The molecule has 0 radical (unpaired) electrons. The molecule has 0 saturated carbocycles. The highest BCUT2D eigenvalue weighted by Crippen LogP contribution is 2.25. The van der Waals surface area contributed by atoms with Crippen LogP contribution in [0.1, 0.15) is 89.2 Å². The van der Waals surface area contributed by atoms with Gasteiger partial charge in [-0.3, -0.25) is 0 Å². The van der Waals surface area contributed by atoms with Crippen LogP contribution in [0.4, 0.5) is 0 Å². The molecule has 0 heterocycles. The highest BCUT2D eigenvalue weighted by atomic mass is 16.4. The second-order valence-corrected chi connectivity index (χ2v) is 6.43. The summed E-state index contributed by atoms with van der Waals surface area (Å²) in [6.45, 7) is 3.95. The molecule has 0 aliphatic rings. The Labute approximate surface area is 141 Å². The van der Waals surface area contributed by atoms with Gasteiger partial charge in [-0.2, -0.15) is 0 Å². The quantitative estimate of drug-likeness (QED) is 0.213. The molecule has 3 heteroatoms. The van der Waals surface area contributed by atoms with E-state index >= 15 is 0 Å². The van der Waals surface area contributed by atoms with Crippen LogP contribution < -0.4 is 0 Å². The van der Waals surface area contributed by atoms with Crippen molar-refractivity contribution in [2.45, 2.75) is 84.5 Å². The molecular weight excluding hydrogens is 286 g/mol. The zero-order chi connectivity index (χ0) is 16.9. The number of unbranched alkanes of at least 4 members (excludes halogenated alkanes) is 9. The third kappa shape index (κ3) is 7.54. The van der Waals surface area contributed by atoms with Gasteiger partial charge in [0.2, 0.25) is 0 Å². The molecule has 0 bridgehead atoms. The average molecular weight is 319 g/mol. The topological polar surface area (TPSA) is 52.8 Å². The Bertz CT molecular complexity index is 469. The number of aryl methyl sites for hydroxylation is 1. The minimum Gasteiger partial charge on any atom is -0.507 e. The van der Waals surface area contributed by atoms with E-state index in [0.29, 0.717) is 11.3 Å². The van der Waals surface area contributed by atoms with Crippen molar-refractivity contribution in [2.75, 3.05) is 0 Å². The number of aromatic hydroxyl groups is 1. The summed E-state index contributed by atoms with van der Waals surface area (Å²) in [6, 6.07) is 5.65. The Morgan fingerprint density at radius 1 is 0.913 bits per heavy atom. The van der Waals surface area contributed by atoms with Gasteiger partial charge in [0.1, 0.15) is 5.75 Å². The fourth-order valence-corrected chi connectivity index (χ4v) is 2.94. The van der Waals surface area contributed by atoms with Gasteiger partial charge in [-0.05, 0) is 31.4 Å². The maximum atomic E-state index is 10.2. The zero-order valence-corrected chi connectivity index (χ0v) is 14.9. The molecule has 23 heavy (non-hydrogen) atoms. The van der Waals surface area contributed by atoms with Gasteiger partial charge in [0.25, 0.3) is 0 Å². The molecule has 0 unspecified atom stereocenters. The van der Waals surface area contributed by atoms with Crippen molar-refractivity contribution >= 4 is 5.71 Å². The van der Waals surface area contributed by atoms with Gasteiger partial charge in [0, 0.05) is 5.56 Å². The number of hydrogen-bond donors (Lipinski definition) is 2. The number of phenolic OH excluding ortho intramolecular Hbond substituents is 1. The lowest BCUT2D eigenvalue weighted by atomic mass is 10.00. The number of hydrogen-bond acceptors (Lipinski definition) is 3. The Morgan fingerprint density at radius 3 is 2.04 bits per heavy atom. The molecule has 0 aromatic heterocycles. The van der Waals surface area contributed by atoms with Crippen LogP contribution in [0.2, 0.25) is 0 Å². The summed E-state index contributed by atoms with van der Waals surface area (Å²) in [6.07, 6.45) is 14.0. The maximum absolute atomic E-state index is 10.2. The number of benzene rings is 1. The fourth-order valence-electron chi connectivity index (χ4n) is 2.94. The fraction of sp³-hybridized carbons (Fsp3) is 0.650. The second kappa shape index (κ2) is 12.0. The summed E-state index contributed by atoms with van der Waals surface area (Å²) >= 11 is 0. The molecule has 2 N–H and O–H groups in total. The zero-order valence-electron chi connectivity index (χ0n) is 14.9. The first-order valence-corrected chi connectivity index (χ1v) is 9.20. The van der Waals surface area contributed by atoms with Gasteiger partial charge in [-0.25, -0.2) is 0 Å². The standard InChI is InChI=1S/C20H33NO2/c1-3-4-5-6-7-8-9-10-11-12-14-18-15-13-16-19(20(18)22)17(2)21-23/h13,15-16,22-23H,3-12,14H2,1-2H3/b21-17+. The van der Waals surface area contributed by atoms with E-state index in [1.807, 2.05) is 12.1 Å². The van der Waals surface area contributed by atoms with E-state index in [2.05, 4.69) is 12.1 Å². The van der Waals surface area contributed by atoms with Crippen LogP contribution in [0.3, 0.4) is 0 Å². The van der Waals surface area contributed by atoms with Gasteiger partial charge in [0.05, 0.1) is 5.71 Å². The molecule has 0 amide bonds. The number of nitrogens with zero attached hydrogens (tertiary/aromatic N) is 1. The Morgan fingerprint density at radius 2 is 1.48 bits per heavy atom. The highest BCUT2D eigenvalue weighted by molar-refractivity contribution is 6.00. The lowest BCUT2D eigenvalue weighted by Crippen LogP contribution is -1.98. The predicted molar refractivity (Wildman–Crippen MR) is 97.7 cm³/mol. The van der Waals surface area contributed by atoms with Gasteiger partial charge >= 0.3 is 0 Å². The number of para-hydroxylation sites is 1. The molecule has 130 valence electrons. The summed E-state index contributed by atoms with van der Waals surface area (Å²) in [5.74, 6) is 0.263. The minimum atomic E-state index is 0.263. The smallest absolute Gasteiger partial charge is 0.127 e. The first kappa shape index (κ1) is 19.5. The van der Waals surface area contributed by atoms with Crippen molar-refractivity contribution in [2.24, 2.45) is 5.16 Å². The normalized spacial score (nSPS) is 11.8. The number of rotatable bonds is 12. The molecule has 1 rings (SSSR count). The van der Waals surface area contributed by atoms with Crippen LogP contribution in [0, 0.1) is 0 Å². The third-order valence-electron chi connectivity index (χ3n) is 4.46. The van der Waals surface area contributed by atoms with Crippen LogP contribution in [0.25, 0.3) is 0 Å². The van der Waals surface area contributed by atoms with Crippen LogP contribution in [0.15, 0.2) is 23.4 Å². The van der Waals surface area contributed by atoms with E-state index in [0.717, 1.165) is 18.4 Å². The van der Waals surface area contributed by atoms with Crippen molar-refractivity contribution in [3.63, 3.8) is 0 Å². The van der Waals surface area contributed by atoms with Crippen LogP contribution >= 0.6 is 0 Å². The second-order valence-electron chi connectivity index (χ2n) is 6.43. The van der Waals surface area contributed by atoms with E-state index in [1.165, 1.54) is 57.8 Å². The molecule has 1 aromatic rings. The monoisotopic (exact) mass is 319 g/mol. The van der Waals surface area contributed by atoms with E-state index in [1.54, 1.807) is 13.0 Å². The molecule has 0 fully saturated rings. The molecule has 0 aliphatic heterocycles. The third-order valence-corrected chi connectivity index (χ3v) is 4.46. The summed E-state index contributed by atoms with van der Waals surface area (Å²) in [5.41, 5.74) is 2.02. The Kier molecular flexibility index (Phi) is 10.2. The first-order chi connectivity index (χ1) is 11.2. The van der Waals surface area contributed by atoms with Crippen LogP contribution in [-0.2, 0) is 6.42 Å². The molecule has 0 atom stereocenters. The van der Waals surface area contributed by atoms with Crippen LogP contribution in [-0.4, -0.2) is 16.0 Å². The number of oxime groups is 1. The van der Waals surface area contributed by atoms with Crippen molar-refractivity contribution < 1.29 is 10.3 Å². The summed E-state index contributed by atoms with van der Waals surface area (Å²) in [7, 11) is 0. The molecule has 0 saturated heterocycles. The van der Waals surface area contributed by atoms with E-state index < -0.39 is 0 Å². The molecule has 3 nitrogen and oxygen atoms in total.